The summed E-state index contributed by atoms with van der Waals surface area (Å²) in [7, 11) is 0. The molecule has 0 radical (unpaired) electrons. The van der Waals surface area contributed by atoms with Gasteiger partial charge in [-0.05, 0) is 11.6 Å². The van der Waals surface area contributed by atoms with Crippen LogP contribution >= 0.6 is 11.6 Å². The van der Waals surface area contributed by atoms with Gasteiger partial charge in [-0.2, -0.15) is 0 Å². The molecule has 0 aliphatic heterocycles. The highest BCUT2D eigenvalue weighted by Gasteiger charge is 2.11. The first kappa shape index (κ1) is 10.2. The summed E-state index contributed by atoms with van der Waals surface area (Å²) in [6, 6.07) is 3.41. The Morgan fingerprint density at radius 3 is 3.00 bits per heavy atom. The Morgan fingerprint density at radius 1 is 1.41 bits per heavy atom. The van der Waals surface area contributed by atoms with E-state index in [9.17, 15) is 4.79 Å². The average molecular weight is 251 g/mol. The van der Waals surface area contributed by atoms with Gasteiger partial charge >= 0.3 is 0 Å². The molecular weight excluding hydrogens is 244 g/mol. The Morgan fingerprint density at radius 2 is 2.24 bits per heavy atom. The second kappa shape index (κ2) is 3.54. The third kappa shape index (κ3) is 1.35. The predicted octanol–water partition coefficient (Wildman–Crippen LogP) is 0.716. The molecule has 0 amide bonds. The largest absolute Gasteiger partial charge is 0.392 e. The van der Waals surface area contributed by atoms with Crippen LogP contribution in [0, 0.1) is 0 Å². The van der Waals surface area contributed by atoms with E-state index in [4.69, 9.17) is 16.7 Å². The first-order valence-corrected chi connectivity index (χ1v) is 5.25. The van der Waals surface area contributed by atoms with Crippen molar-refractivity contribution in [3.8, 4) is 0 Å². The van der Waals surface area contributed by atoms with E-state index in [-0.39, 0.29) is 12.2 Å². The molecule has 86 valence electrons. The molecule has 7 heteroatoms. The normalized spacial score (nSPS) is 11.4. The summed E-state index contributed by atoms with van der Waals surface area (Å²) in [5, 5.41) is 16.9. The highest BCUT2D eigenvalue weighted by molar-refractivity contribution is 6.35. The van der Waals surface area contributed by atoms with Gasteiger partial charge in [0.1, 0.15) is 0 Å². The van der Waals surface area contributed by atoms with Gasteiger partial charge < -0.3 is 10.1 Å². The van der Waals surface area contributed by atoms with Gasteiger partial charge in [0.25, 0.3) is 5.56 Å². The lowest BCUT2D eigenvalue weighted by Crippen LogP contribution is -2.11. The molecule has 0 atom stereocenters. The van der Waals surface area contributed by atoms with Crippen molar-refractivity contribution < 1.29 is 5.11 Å². The van der Waals surface area contributed by atoms with E-state index in [2.05, 4.69) is 15.3 Å². The zero-order valence-electron chi connectivity index (χ0n) is 8.51. The molecule has 0 bridgehead atoms. The number of benzene rings is 1. The number of hydrogen-bond acceptors (Lipinski definition) is 4. The van der Waals surface area contributed by atoms with Crippen LogP contribution in [0.3, 0.4) is 0 Å². The van der Waals surface area contributed by atoms with Crippen LogP contribution in [0.15, 0.2) is 23.1 Å². The Hall–Kier alpha value is -1.92. The fourth-order valence-corrected chi connectivity index (χ4v) is 2.04. The van der Waals surface area contributed by atoms with Crippen LogP contribution in [-0.2, 0) is 6.61 Å². The third-order valence-electron chi connectivity index (χ3n) is 2.62. The number of aromatic nitrogens is 4. The molecule has 6 nitrogen and oxygen atoms in total. The van der Waals surface area contributed by atoms with Crippen molar-refractivity contribution in [3.05, 3.63) is 39.3 Å². The second-order valence-corrected chi connectivity index (χ2v) is 3.95. The lowest BCUT2D eigenvalue weighted by Gasteiger charge is -2.05. The molecule has 0 spiro atoms. The number of aliphatic hydroxyl groups is 1. The number of nitrogens with zero attached hydrogens (tertiary/aromatic N) is 3. The summed E-state index contributed by atoms with van der Waals surface area (Å²) in [6.45, 7) is -0.188. The smallest absolute Gasteiger partial charge is 0.276 e. The van der Waals surface area contributed by atoms with Gasteiger partial charge in [-0.3, -0.25) is 4.79 Å². The summed E-state index contributed by atoms with van der Waals surface area (Å²) in [5.74, 6) is 0. The second-order valence-electron chi connectivity index (χ2n) is 3.58. The Kier molecular flexibility index (Phi) is 2.13. The van der Waals surface area contributed by atoms with E-state index < -0.39 is 0 Å². The molecule has 0 saturated carbocycles. The predicted molar refractivity (Wildman–Crippen MR) is 62.0 cm³/mol. The van der Waals surface area contributed by atoms with Crippen LogP contribution in [0.2, 0.25) is 5.02 Å². The molecule has 0 aliphatic rings. The number of aliphatic hydroxyl groups excluding tert-OH is 1. The molecule has 1 aromatic carbocycles. The summed E-state index contributed by atoms with van der Waals surface area (Å²) in [6.07, 6.45) is 1.38. The van der Waals surface area contributed by atoms with Gasteiger partial charge in [0.05, 0.1) is 28.9 Å². The van der Waals surface area contributed by atoms with Crippen molar-refractivity contribution >= 4 is 28.2 Å². The van der Waals surface area contributed by atoms with Gasteiger partial charge in [-0.15, -0.1) is 5.10 Å². The highest BCUT2D eigenvalue weighted by Crippen LogP contribution is 2.24. The number of hydrogen-bond donors (Lipinski definition) is 2. The first-order valence-electron chi connectivity index (χ1n) is 4.87. The molecule has 0 unspecified atom stereocenters. The Bertz CT molecular complexity index is 777. The van der Waals surface area contributed by atoms with E-state index >= 15 is 0 Å². The molecule has 0 saturated heterocycles. The third-order valence-corrected chi connectivity index (χ3v) is 3.05. The van der Waals surface area contributed by atoms with E-state index in [0.717, 1.165) is 0 Å². The minimum atomic E-state index is -0.320. The van der Waals surface area contributed by atoms with Crippen molar-refractivity contribution in [2.45, 2.75) is 6.61 Å². The molecular formula is C10H7ClN4O2. The quantitative estimate of drug-likeness (QED) is 0.667. The molecule has 2 N–H and O–H groups in total. The Balaban J connectivity index is 2.58. The van der Waals surface area contributed by atoms with E-state index in [0.29, 0.717) is 27.1 Å². The summed E-state index contributed by atoms with van der Waals surface area (Å²) in [5.41, 5.74) is 1.67. The van der Waals surface area contributed by atoms with Crippen molar-refractivity contribution in [2.75, 3.05) is 0 Å². The number of aromatic amines is 1. The maximum Gasteiger partial charge on any atom is 0.276 e. The molecule has 3 aromatic rings. The van der Waals surface area contributed by atoms with Gasteiger partial charge in [-0.1, -0.05) is 22.9 Å². The summed E-state index contributed by atoms with van der Waals surface area (Å²) in [4.78, 5) is 14.4. The van der Waals surface area contributed by atoms with Crippen LogP contribution in [0.4, 0.5) is 0 Å². The lowest BCUT2D eigenvalue weighted by molar-refractivity contribution is 0.282. The monoisotopic (exact) mass is 250 g/mol. The van der Waals surface area contributed by atoms with Crippen LogP contribution in [0.25, 0.3) is 16.6 Å². The standard InChI is InChI=1S/C10H7ClN4O2/c11-8-5(4-16)1-2-6-9(8)13-10(17)7-3-12-14-15(6)7/h1-3,16H,4H2,(H,13,17). The van der Waals surface area contributed by atoms with Gasteiger partial charge in [0.15, 0.2) is 5.52 Å². The van der Waals surface area contributed by atoms with Crippen LogP contribution < -0.4 is 5.56 Å². The topological polar surface area (TPSA) is 83.3 Å². The van der Waals surface area contributed by atoms with Crippen LogP contribution in [0.1, 0.15) is 5.56 Å². The Labute approximate surface area is 99.5 Å². The fourth-order valence-electron chi connectivity index (χ4n) is 1.77. The SMILES string of the molecule is O=c1[nH]c2c(Cl)c(CO)ccc2n2nncc12. The van der Waals surface area contributed by atoms with E-state index in [1.165, 1.54) is 10.7 Å². The molecule has 17 heavy (non-hydrogen) atoms. The number of fused-ring (bicyclic) bond motifs is 3. The summed E-state index contributed by atoms with van der Waals surface area (Å²) < 4.78 is 1.42. The number of rotatable bonds is 1. The maximum atomic E-state index is 11.7. The highest BCUT2D eigenvalue weighted by atomic mass is 35.5. The first-order chi connectivity index (χ1) is 8.22. The number of halogens is 1. The molecule has 2 heterocycles. The minimum absolute atomic E-state index is 0.188. The average Bonchev–Trinajstić information content (AvgIpc) is 2.81. The van der Waals surface area contributed by atoms with Gasteiger partial charge in [0, 0.05) is 0 Å². The lowest BCUT2D eigenvalue weighted by atomic mass is 10.2. The van der Waals surface area contributed by atoms with Gasteiger partial charge in [-0.25, -0.2) is 4.52 Å². The maximum absolute atomic E-state index is 11.7. The zero-order valence-corrected chi connectivity index (χ0v) is 9.27. The van der Waals surface area contributed by atoms with E-state index in [1.54, 1.807) is 12.1 Å². The molecule has 2 aromatic heterocycles. The van der Waals surface area contributed by atoms with Crippen LogP contribution in [-0.4, -0.2) is 24.9 Å². The molecule has 0 aliphatic carbocycles. The number of H-pyrrole nitrogens is 1. The molecule has 3 rings (SSSR count). The zero-order chi connectivity index (χ0) is 12.0. The van der Waals surface area contributed by atoms with Crippen molar-refractivity contribution in [1.29, 1.82) is 0 Å². The molecule has 0 fully saturated rings. The number of nitrogens with one attached hydrogen (secondary N) is 1. The fraction of sp³-hybridized carbons (Fsp3) is 0.100. The summed E-state index contributed by atoms with van der Waals surface area (Å²) >= 11 is 6.09. The van der Waals surface area contributed by atoms with Crippen molar-refractivity contribution in [3.63, 3.8) is 0 Å². The minimum Gasteiger partial charge on any atom is -0.392 e. The van der Waals surface area contributed by atoms with Crippen LogP contribution in [0.5, 0.6) is 0 Å². The van der Waals surface area contributed by atoms with Gasteiger partial charge in [0.2, 0.25) is 0 Å². The van der Waals surface area contributed by atoms with Crippen molar-refractivity contribution in [2.24, 2.45) is 0 Å². The van der Waals surface area contributed by atoms with Crippen molar-refractivity contribution in [1.82, 2.24) is 19.8 Å². The van der Waals surface area contributed by atoms with E-state index in [1.807, 2.05) is 0 Å².